The second-order valence-corrected chi connectivity index (χ2v) is 6.84. The minimum Gasteiger partial charge on any atom is -0.491 e. The molecular weight excluding hydrogens is 310 g/mol. The number of halogens is 1. The van der Waals surface area contributed by atoms with Crippen LogP contribution in [0.25, 0.3) is 0 Å². The molecule has 0 bridgehead atoms. The van der Waals surface area contributed by atoms with Crippen molar-refractivity contribution >= 4 is 27.3 Å². The number of aryl methyl sites for hydroxylation is 1. The molecule has 0 aliphatic carbocycles. The van der Waals surface area contributed by atoms with E-state index in [9.17, 15) is 8.42 Å². The summed E-state index contributed by atoms with van der Waals surface area (Å²) in [5, 5.41) is 0.190. The van der Waals surface area contributed by atoms with E-state index >= 15 is 0 Å². The van der Waals surface area contributed by atoms with Crippen LogP contribution in [0, 0.1) is 0 Å². The molecule has 0 fully saturated rings. The molecule has 0 radical (unpaired) electrons. The van der Waals surface area contributed by atoms with Gasteiger partial charge in [0.1, 0.15) is 10.6 Å². The van der Waals surface area contributed by atoms with Crippen molar-refractivity contribution < 1.29 is 13.2 Å². The number of nitrogens with one attached hydrogen (secondary N) is 1. The molecule has 0 saturated heterocycles. The fourth-order valence-corrected chi connectivity index (χ4v) is 3.91. The molecule has 2 aromatic carbocycles. The minimum atomic E-state index is -3.74. The number of hydrogen-bond acceptors (Lipinski definition) is 3. The van der Waals surface area contributed by atoms with Gasteiger partial charge in [0.25, 0.3) is 10.0 Å². The van der Waals surface area contributed by atoms with Crippen molar-refractivity contribution in [3.8, 4) is 5.75 Å². The monoisotopic (exact) mass is 323 g/mol. The van der Waals surface area contributed by atoms with E-state index in [2.05, 4.69) is 4.72 Å². The molecule has 110 valence electrons. The van der Waals surface area contributed by atoms with Gasteiger partial charge >= 0.3 is 0 Å². The van der Waals surface area contributed by atoms with Crippen LogP contribution in [-0.4, -0.2) is 15.0 Å². The molecule has 0 unspecified atom stereocenters. The van der Waals surface area contributed by atoms with E-state index in [1.54, 1.807) is 24.3 Å². The second kappa shape index (κ2) is 5.58. The summed E-state index contributed by atoms with van der Waals surface area (Å²) in [6, 6.07) is 11.8. The molecule has 1 aliphatic heterocycles. The predicted molar refractivity (Wildman–Crippen MR) is 82.5 cm³/mol. The fourth-order valence-electron chi connectivity index (χ4n) is 2.33. The molecule has 4 nitrogen and oxygen atoms in total. The van der Waals surface area contributed by atoms with Crippen LogP contribution >= 0.6 is 11.6 Å². The van der Waals surface area contributed by atoms with E-state index in [4.69, 9.17) is 16.3 Å². The van der Waals surface area contributed by atoms with Gasteiger partial charge in [-0.15, -0.1) is 0 Å². The number of anilines is 1. The van der Waals surface area contributed by atoms with E-state index < -0.39 is 10.0 Å². The summed E-state index contributed by atoms with van der Waals surface area (Å²) in [5.41, 5.74) is 1.47. The Kier molecular flexibility index (Phi) is 3.78. The third-order valence-electron chi connectivity index (χ3n) is 3.30. The van der Waals surface area contributed by atoms with Gasteiger partial charge in [-0.2, -0.15) is 0 Å². The molecule has 2 aromatic rings. The average Bonchev–Trinajstić information content (AvgIpc) is 2.47. The van der Waals surface area contributed by atoms with E-state index in [-0.39, 0.29) is 9.92 Å². The van der Waals surface area contributed by atoms with Crippen LogP contribution in [0.1, 0.15) is 12.0 Å². The Balaban J connectivity index is 1.99. The topological polar surface area (TPSA) is 55.4 Å². The second-order valence-electron chi connectivity index (χ2n) is 4.78. The van der Waals surface area contributed by atoms with Crippen LogP contribution in [0.4, 0.5) is 5.69 Å². The minimum absolute atomic E-state index is 0.0556. The number of fused-ring (bicyclic) bond motifs is 1. The average molecular weight is 324 g/mol. The Morgan fingerprint density at radius 1 is 1.10 bits per heavy atom. The highest BCUT2D eigenvalue weighted by Crippen LogP contribution is 2.34. The smallest absolute Gasteiger partial charge is 0.263 e. The van der Waals surface area contributed by atoms with Gasteiger partial charge < -0.3 is 4.74 Å². The quantitative estimate of drug-likeness (QED) is 0.941. The number of para-hydroxylation sites is 1. The van der Waals surface area contributed by atoms with E-state index in [1.807, 2.05) is 12.1 Å². The molecular formula is C15H14ClNO3S. The summed E-state index contributed by atoms with van der Waals surface area (Å²) in [6.07, 6.45) is 1.82. The van der Waals surface area contributed by atoms with Gasteiger partial charge in [0, 0.05) is 0 Å². The van der Waals surface area contributed by atoms with Crippen molar-refractivity contribution in [1.82, 2.24) is 0 Å². The van der Waals surface area contributed by atoms with Gasteiger partial charge in [-0.3, -0.25) is 4.72 Å². The largest absolute Gasteiger partial charge is 0.491 e. The van der Waals surface area contributed by atoms with Gasteiger partial charge in [-0.25, -0.2) is 8.42 Å². The zero-order chi connectivity index (χ0) is 14.9. The van der Waals surface area contributed by atoms with Gasteiger partial charge in [0.2, 0.25) is 0 Å². The highest BCUT2D eigenvalue weighted by molar-refractivity contribution is 7.92. The molecule has 0 atom stereocenters. The maximum Gasteiger partial charge on any atom is 0.263 e. The lowest BCUT2D eigenvalue weighted by Gasteiger charge is -2.21. The number of rotatable bonds is 3. The van der Waals surface area contributed by atoms with E-state index in [1.165, 1.54) is 6.07 Å². The maximum atomic E-state index is 12.5. The van der Waals surface area contributed by atoms with Gasteiger partial charge in [-0.05, 0) is 36.6 Å². The van der Waals surface area contributed by atoms with Crippen molar-refractivity contribution in [3.63, 3.8) is 0 Å². The lowest BCUT2D eigenvalue weighted by molar-refractivity contribution is 0.290. The van der Waals surface area contributed by atoms with Crippen LogP contribution in [0.2, 0.25) is 5.02 Å². The highest BCUT2D eigenvalue weighted by atomic mass is 35.5. The molecule has 21 heavy (non-hydrogen) atoms. The first-order valence-corrected chi connectivity index (χ1v) is 8.46. The van der Waals surface area contributed by atoms with Crippen molar-refractivity contribution in [2.45, 2.75) is 17.7 Å². The lowest BCUT2D eigenvalue weighted by atomic mass is 10.1. The van der Waals surface area contributed by atoms with E-state index in [0.717, 1.165) is 18.4 Å². The summed E-state index contributed by atoms with van der Waals surface area (Å²) in [4.78, 5) is 0.0556. The Labute approximate surface area is 128 Å². The van der Waals surface area contributed by atoms with Crippen molar-refractivity contribution in [3.05, 3.63) is 53.1 Å². The SMILES string of the molecule is O=S(=O)(Nc1cccc2c1OCCC2)c1ccccc1Cl. The van der Waals surface area contributed by atoms with Crippen molar-refractivity contribution in [2.24, 2.45) is 0 Å². The number of benzene rings is 2. The molecule has 0 aromatic heterocycles. The maximum absolute atomic E-state index is 12.5. The number of ether oxygens (including phenoxy) is 1. The summed E-state index contributed by atoms with van der Waals surface area (Å²) in [7, 11) is -3.74. The standard InChI is InChI=1S/C15H14ClNO3S/c16-12-7-1-2-9-14(12)21(18,19)17-13-8-3-5-11-6-4-10-20-15(11)13/h1-3,5,7-9,17H,4,6,10H2. The van der Waals surface area contributed by atoms with E-state index in [0.29, 0.717) is 18.0 Å². The number of hydrogen-bond donors (Lipinski definition) is 1. The highest BCUT2D eigenvalue weighted by Gasteiger charge is 2.21. The first-order valence-electron chi connectivity index (χ1n) is 6.60. The molecule has 1 heterocycles. The summed E-state index contributed by atoms with van der Waals surface area (Å²) >= 11 is 5.97. The molecule has 1 N–H and O–H groups in total. The molecule has 3 rings (SSSR count). The van der Waals surface area contributed by atoms with Crippen LogP contribution in [-0.2, 0) is 16.4 Å². The first-order chi connectivity index (χ1) is 10.1. The Hall–Kier alpha value is -1.72. The summed E-state index contributed by atoms with van der Waals surface area (Å²) in [5.74, 6) is 0.611. The van der Waals surface area contributed by atoms with Crippen LogP contribution in [0.3, 0.4) is 0 Å². The molecule has 1 aliphatic rings. The van der Waals surface area contributed by atoms with Crippen molar-refractivity contribution in [2.75, 3.05) is 11.3 Å². The van der Waals surface area contributed by atoms with Gasteiger partial charge in [0.05, 0.1) is 17.3 Å². The Morgan fingerprint density at radius 2 is 1.90 bits per heavy atom. The lowest BCUT2D eigenvalue weighted by Crippen LogP contribution is -2.16. The summed E-state index contributed by atoms with van der Waals surface area (Å²) < 4.78 is 33.1. The molecule has 0 amide bonds. The predicted octanol–water partition coefficient (Wildman–Crippen LogP) is 3.47. The fraction of sp³-hybridized carbons (Fsp3) is 0.200. The van der Waals surface area contributed by atoms with Crippen molar-refractivity contribution in [1.29, 1.82) is 0 Å². The molecule has 0 spiro atoms. The Morgan fingerprint density at radius 3 is 2.71 bits per heavy atom. The first kappa shape index (κ1) is 14.2. The molecule has 6 heteroatoms. The Bertz CT molecular complexity index is 774. The molecule has 0 saturated carbocycles. The zero-order valence-electron chi connectivity index (χ0n) is 11.2. The third kappa shape index (κ3) is 2.84. The third-order valence-corrected chi connectivity index (χ3v) is 5.17. The van der Waals surface area contributed by atoms with Crippen LogP contribution in [0.5, 0.6) is 5.75 Å². The normalized spacial score (nSPS) is 14.1. The van der Waals surface area contributed by atoms with Crippen LogP contribution < -0.4 is 9.46 Å². The van der Waals surface area contributed by atoms with Crippen LogP contribution in [0.15, 0.2) is 47.4 Å². The summed E-state index contributed by atoms with van der Waals surface area (Å²) in [6.45, 7) is 0.595. The van der Waals surface area contributed by atoms with Gasteiger partial charge in [0.15, 0.2) is 0 Å². The zero-order valence-corrected chi connectivity index (χ0v) is 12.7. The number of sulfonamides is 1. The van der Waals surface area contributed by atoms with Gasteiger partial charge in [-0.1, -0.05) is 35.9 Å².